The van der Waals surface area contributed by atoms with Gasteiger partial charge in [0.05, 0.1) is 5.69 Å². The minimum atomic E-state index is -1.04. The lowest BCUT2D eigenvalue weighted by Crippen LogP contribution is -2.57. The molecule has 0 spiro atoms. The lowest BCUT2D eigenvalue weighted by molar-refractivity contribution is 0.0886. The minimum absolute atomic E-state index is 0.473. The predicted molar refractivity (Wildman–Crippen MR) is 53.1 cm³/mol. The van der Waals surface area contributed by atoms with Gasteiger partial charge in [-0.1, -0.05) is 0 Å². The highest BCUT2D eigenvalue weighted by atomic mass is 19.1. The van der Waals surface area contributed by atoms with Crippen molar-refractivity contribution in [2.75, 3.05) is 13.1 Å². The maximum Gasteiger partial charge on any atom is 0.141 e. The molecule has 1 aliphatic rings. The van der Waals surface area contributed by atoms with Crippen molar-refractivity contribution in [1.29, 1.82) is 0 Å². The maximum atomic E-state index is 13.8. The van der Waals surface area contributed by atoms with Crippen molar-refractivity contribution >= 4 is 0 Å². The summed E-state index contributed by atoms with van der Waals surface area (Å²) < 4.78 is 15.7. The molecule has 0 aliphatic carbocycles. The van der Waals surface area contributed by atoms with E-state index in [0.29, 0.717) is 19.5 Å². The average molecular weight is 197 g/mol. The maximum absolute atomic E-state index is 13.8. The van der Waals surface area contributed by atoms with Gasteiger partial charge in [0, 0.05) is 31.7 Å². The van der Waals surface area contributed by atoms with Crippen LogP contribution in [0.15, 0.2) is 6.07 Å². The number of halogens is 1. The minimum Gasteiger partial charge on any atom is -0.310 e. The monoisotopic (exact) mass is 197 g/mol. The van der Waals surface area contributed by atoms with Gasteiger partial charge in [0.25, 0.3) is 0 Å². The van der Waals surface area contributed by atoms with Crippen LogP contribution >= 0.6 is 0 Å². The topological polar surface area (TPSA) is 29.9 Å². The number of nitrogens with zero attached hydrogens (tertiary/aromatic N) is 2. The second-order valence-electron chi connectivity index (χ2n) is 4.02. The first kappa shape index (κ1) is 9.65. The molecule has 0 amide bonds. The molecule has 2 heterocycles. The molecule has 0 radical (unpaired) electrons. The SMILES string of the molecule is CCn1nc(C)cc1CC1(F)CNC1. The van der Waals surface area contributed by atoms with E-state index in [-0.39, 0.29) is 0 Å². The van der Waals surface area contributed by atoms with E-state index in [9.17, 15) is 4.39 Å². The molecule has 1 saturated heterocycles. The summed E-state index contributed by atoms with van der Waals surface area (Å²) in [5, 5.41) is 7.26. The molecule has 1 fully saturated rings. The van der Waals surface area contributed by atoms with Crippen LogP contribution in [0.4, 0.5) is 4.39 Å². The van der Waals surface area contributed by atoms with E-state index in [1.165, 1.54) is 0 Å². The van der Waals surface area contributed by atoms with E-state index < -0.39 is 5.67 Å². The Hall–Kier alpha value is -0.900. The first-order chi connectivity index (χ1) is 6.63. The second kappa shape index (κ2) is 3.35. The first-order valence-corrected chi connectivity index (χ1v) is 5.06. The van der Waals surface area contributed by atoms with Crippen molar-refractivity contribution in [1.82, 2.24) is 15.1 Å². The number of hydrogen-bond donors (Lipinski definition) is 1. The predicted octanol–water partition coefficient (Wildman–Crippen LogP) is 1.07. The van der Waals surface area contributed by atoms with E-state index in [1.807, 2.05) is 24.6 Å². The molecule has 1 aromatic heterocycles. The van der Waals surface area contributed by atoms with Crippen LogP contribution in [-0.2, 0) is 13.0 Å². The second-order valence-corrected chi connectivity index (χ2v) is 4.02. The van der Waals surface area contributed by atoms with Crippen LogP contribution in [-0.4, -0.2) is 28.5 Å². The normalized spacial score (nSPS) is 19.4. The number of nitrogens with one attached hydrogen (secondary N) is 1. The van der Waals surface area contributed by atoms with Crippen LogP contribution in [0.1, 0.15) is 18.3 Å². The summed E-state index contributed by atoms with van der Waals surface area (Å²) in [4.78, 5) is 0. The third-order valence-electron chi connectivity index (χ3n) is 2.67. The zero-order valence-corrected chi connectivity index (χ0v) is 8.68. The Labute approximate surface area is 83.3 Å². The van der Waals surface area contributed by atoms with Gasteiger partial charge in [-0.15, -0.1) is 0 Å². The smallest absolute Gasteiger partial charge is 0.141 e. The van der Waals surface area contributed by atoms with Crippen molar-refractivity contribution in [2.24, 2.45) is 0 Å². The molecule has 1 aromatic rings. The Morgan fingerprint density at radius 3 is 2.86 bits per heavy atom. The van der Waals surface area contributed by atoms with Gasteiger partial charge < -0.3 is 5.32 Å². The number of aryl methyl sites for hydroxylation is 2. The van der Waals surface area contributed by atoms with E-state index in [4.69, 9.17) is 0 Å². The van der Waals surface area contributed by atoms with Crippen LogP contribution in [0.2, 0.25) is 0 Å². The van der Waals surface area contributed by atoms with Gasteiger partial charge in [-0.05, 0) is 19.9 Å². The lowest BCUT2D eigenvalue weighted by atomic mass is 9.93. The third-order valence-corrected chi connectivity index (χ3v) is 2.67. The summed E-state index contributed by atoms with van der Waals surface area (Å²) in [7, 11) is 0. The largest absolute Gasteiger partial charge is 0.310 e. The molecule has 0 saturated carbocycles. The summed E-state index contributed by atoms with van der Waals surface area (Å²) in [5.41, 5.74) is 0.936. The first-order valence-electron chi connectivity index (χ1n) is 5.06. The van der Waals surface area contributed by atoms with Crippen molar-refractivity contribution < 1.29 is 4.39 Å². The summed E-state index contributed by atoms with van der Waals surface area (Å²) >= 11 is 0. The fourth-order valence-electron chi connectivity index (χ4n) is 1.86. The fourth-order valence-corrected chi connectivity index (χ4v) is 1.86. The molecule has 0 unspecified atom stereocenters. The quantitative estimate of drug-likeness (QED) is 0.785. The van der Waals surface area contributed by atoms with Crippen LogP contribution in [0.5, 0.6) is 0 Å². The van der Waals surface area contributed by atoms with Crippen LogP contribution < -0.4 is 5.32 Å². The molecular formula is C10H16FN3. The van der Waals surface area contributed by atoms with E-state index >= 15 is 0 Å². The van der Waals surface area contributed by atoms with Gasteiger partial charge in [0.1, 0.15) is 5.67 Å². The molecule has 1 N–H and O–H groups in total. The molecule has 1 aliphatic heterocycles. The van der Waals surface area contributed by atoms with Gasteiger partial charge in [-0.25, -0.2) is 4.39 Å². The van der Waals surface area contributed by atoms with Gasteiger partial charge >= 0.3 is 0 Å². The summed E-state index contributed by atoms with van der Waals surface area (Å²) in [6.07, 6.45) is 0.481. The standard InChI is InChI=1S/C10H16FN3/c1-3-14-9(4-8(2)13-14)5-10(11)6-12-7-10/h4,12H,3,5-7H2,1-2H3. The summed E-state index contributed by atoms with van der Waals surface area (Å²) in [6, 6.07) is 1.98. The van der Waals surface area contributed by atoms with Gasteiger partial charge in [0.2, 0.25) is 0 Å². The Balaban J connectivity index is 2.14. The molecule has 0 bridgehead atoms. The zero-order valence-electron chi connectivity index (χ0n) is 8.68. The van der Waals surface area contributed by atoms with Crippen molar-refractivity contribution in [2.45, 2.75) is 32.5 Å². The summed E-state index contributed by atoms with van der Waals surface area (Å²) in [6.45, 7) is 5.73. The lowest BCUT2D eigenvalue weighted by Gasteiger charge is -2.34. The Morgan fingerprint density at radius 1 is 1.64 bits per heavy atom. The van der Waals surface area contributed by atoms with Crippen molar-refractivity contribution in [3.8, 4) is 0 Å². The fraction of sp³-hybridized carbons (Fsp3) is 0.700. The highest BCUT2D eigenvalue weighted by molar-refractivity contribution is 5.14. The van der Waals surface area contributed by atoms with E-state index in [0.717, 1.165) is 17.9 Å². The average Bonchev–Trinajstić information content (AvgIpc) is 2.43. The van der Waals surface area contributed by atoms with Crippen LogP contribution in [0.3, 0.4) is 0 Å². The third kappa shape index (κ3) is 1.66. The van der Waals surface area contributed by atoms with Crippen LogP contribution in [0, 0.1) is 6.92 Å². The molecule has 4 heteroatoms. The number of aromatic nitrogens is 2. The molecule has 3 nitrogen and oxygen atoms in total. The number of alkyl halides is 1. The molecule has 78 valence electrons. The Morgan fingerprint density at radius 2 is 2.36 bits per heavy atom. The molecular weight excluding hydrogens is 181 g/mol. The highest BCUT2D eigenvalue weighted by Crippen LogP contribution is 2.22. The zero-order chi connectivity index (χ0) is 10.2. The molecule has 14 heavy (non-hydrogen) atoms. The Bertz CT molecular complexity index is 328. The molecule has 0 atom stereocenters. The highest BCUT2D eigenvalue weighted by Gasteiger charge is 2.37. The van der Waals surface area contributed by atoms with Gasteiger partial charge in [-0.2, -0.15) is 5.10 Å². The van der Waals surface area contributed by atoms with Crippen molar-refractivity contribution in [3.63, 3.8) is 0 Å². The molecule has 0 aromatic carbocycles. The van der Waals surface area contributed by atoms with Crippen LogP contribution in [0.25, 0.3) is 0 Å². The summed E-state index contributed by atoms with van der Waals surface area (Å²) in [5.74, 6) is 0. The van der Waals surface area contributed by atoms with Gasteiger partial charge in [-0.3, -0.25) is 4.68 Å². The number of hydrogen-bond acceptors (Lipinski definition) is 2. The number of rotatable bonds is 3. The van der Waals surface area contributed by atoms with E-state index in [1.54, 1.807) is 0 Å². The van der Waals surface area contributed by atoms with Gasteiger partial charge in [0.15, 0.2) is 0 Å². The van der Waals surface area contributed by atoms with E-state index in [2.05, 4.69) is 10.4 Å². The van der Waals surface area contributed by atoms with Crippen molar-refractivity contribution in [3.05, 3.63) is 17.5 Å². The molecule has 2 rings (SSSR count). The Kier molecular flexibility index (Phi) is 2.31.